The quantitative estimate of drug-likeness (QED) is 0.535. The minimum Gasteiger partial charge on any atom is -0.550 e. The molecule has 34 heavy (non-hydrogen) atoms. The van der Waals surface area contributed by atoms with Gasteiger partial charge in [-0.3, -0.25) is 0 Å². The zero-order valence-electron chi connectivity index (χ0n) is 22.5. The lowest BCUT2D eigenvalue weighted by atomic mass is 9.33. The molecule has 4 heteroatoms. The summed E-state index contributed by atoms with van der Waals surface area (Å²) in [7, 11) is 0. The van der Waals surface area contributed by atoms with Crippen LogP contribution in [0.2, 0.25) is 0 Å². The Labute approximate surface area is 206 Å². The second-order valence-electron chi connectivity index (χ2n) is 15.2. The Morgan fingerprint density at radius 2 is 1.56 bits per heavy atom. The molecule has 2 N–H and O–H groups in total. The summed E-state index contributed by atoms with van der Waals surface area (Å²) in [4.78, 5) is 12.7. The number of hydrogen-bond donors (Lipinski definition) is 2. The van der Waals surface area contributed by atoms with E-state index in [1.807, 2.05) is 0 Å². The highest BCUT2D eigenvalue weighted by molar-refractivity contribution is 5.74. The minimum atomic E-state index is -0.829. The molecule has 0 unspecified atom stereocenters. The van der Waals surface area contributed by atoms with Crippen molar-refractivity contribution in [3.63, 3.8) is 0 Å². The van der Waals surface area contributed by atoms with Crippen LogP contribution >= 0.6 is 0 Å². The monoisotopic (exact) mass is 471 g/mol. The van der Waals surface area contributed by atoms with Crippen molar-refractivity contribution in [2.75, 3.05) is 0 Å². The fourth-order valence-electron chi connectivity index (χ4n) is 10.7. The topological polar surface area (TPSA) is 80.6 Å². The van der Waals surface area contributed by atoms with E-state index in [4.69, 9.17) is 0 Å². The third-order valence-corrected chi connectivity index (χ3v) is 13.0. The normalized spacial score (nSPS) is 53.4. The first-order valence-corrected chi connectivity index (χ1v) is 13.8. The van der Waals surface area contributed by atoms with Gasteiger partial charge < -0.3 is 20.1 Å². The van der Waals surface area contributed by atoms with Gasteiger partial charge >= 0.3 is 0 Å². The number of allylic oxidation sites excluding steroid dienone is 2. The van der Waals surface area contributed by atoms with Gasteiger partial charge in [-0.25, -0.2) is 0 Å². The number of aliphatic hydroxyl groups excluding tert-OH is 2. The lowest BCUT2D eigenvalue weighted by molar-refractivity contribution is -0.327. The first-order chi connectivity index (χ1) is 15.6. The van der Waals surface area contributed by atoms with Crippen molar-refractivity contribution in [1.29, 1.82) is 0 Å². The van der Waals surface area contributed by atoms with E-state index in [0.717, 1.165) is 51.4 Å². The number of carbonyl (C=O) groups is 1. The first kappa shape index (κ1) is 24.8. The molecule has 0 saturated heterocycles. The van der Waals surface area contributed by atoms with Gasteiger partial charge in [0.25, 0.3) is 0 Å². The van der Waals surface area contributed by atoms with E-state index < -0.39 is 23.6 Å². The number of carboxylic acid groups (broad SMARTS) is 1. The number of aliphatic hydroxyl groups is 2. The predicted molar refractivity (Wildman–Crippen MR) is 131 cm³/mol. The van der Waals surface area contributed by atoms with Gasteiger partial charge in [0.05, 0.1) is 12.2 Å². The van der Waals surface area contributed by atoms with Crippen molar-refractivity contribution in [3.05, 3.63) is 11.6 Å². The molecule has 5 aliphatic carbocycles. The molecule has 9 atom stereocenters. The second-order valence-corrected chi connectivity index (χ2v) is 15.2. The maximum Gasteiger partial charge on any atom is 0.0852 e. The summed E-state index contributed by atoms with van der Waals surface area (Å²) in [5.41, 5.74) is 0.507. The molecule has 4 fully saturated rings. The van der Waals surface area contributed by atoms with Crippen LogP contribution in [0.25, 0.3) is 0 Å². The van der Waals surface area contributed by atoms with Gasteiger partial charge in [0.15, 0.2) is 0 Å². The zero-order valence-corrected chi connectivity index (χ0v) is 22.5. The third-order valence-electron chi connectivity index (χ3n) is 13.0. The molecule has 0 bridgehead atoms. The number of fused-ring (bicyclic) bond motifs is 7. The van der Waals surface area contributed by atoms with Crippen LogP contribution in [0, 0.1) is 50.2 Å². The SMILES string of the molecule is CC1(C)CC[C@]2(C(=O)[O-])CC[C@]3(C)C(=CC[C@@H]4[C@@]5(C)C[C@@H](O)[C@H](O)C(C)(C)[C@@H]5CC[C@]43C)[C@@H]2C1. The van der Waals surface area contributed by atoms with Gasteiger partial charge in [-0.2, -0.15) is 0 Å². The summed E-state index contributed by atoms with van der Waals surface area (Å²) in [6.45, 7) is 16.2. The van der Waals surface area contributed by atoms with Crippen LogP contribution in [0.15, 0.2) is 11.6 Å². The molecule has 5 rings (SSSR count). The van der Waals surface area contributed by atoms with Crippen LogP contribution in [0.4, 0.5) is 0 Å². The number of carboxylic acids is 1. The average molecular weight is 472 g/mol. The Bertz CT molecular complexity index is 919. The second kappa shape index (κ2) is 7.12. The van der Waals surface area contributed by atoms with Crippen molar-refractivity contribution in [1.82, 2.24) is 0 Å². The summed E-state index contributed by atoms with van der Waals surface area (Å²) < 4.78 is 0. The molecule has 0 heterocycles. The Hall–Kier alpha value is -0.870. The van der Waals surface area contributed by atoms with Crippen LogP contribution in [0.1, 0.15) is 106 Å². The van der Waals surface area contributed by atoms with Crippen LogP contribution in [0.3, 0.4) is 0 Å². The number of carbonyl (C=O) groups excluding carboxylic acids is 1. The Morgan fingerprint density at radius 1 is 0.912 bits per heavy atom. The minimum absolute atomic E-state index is 0.0356. The summed E-state index contributed by atoms with van der Waals surface area (Å²) in [5.74, 6) is 0.0269. The van der Waals surface area contributed by atoms with E-state index in [-0.39, 0.29) is 33.0 Å². The molecule has 5 aliphatic rings. The van der Waals surface area contributed by atoms with Crippen molar-refractivity contribution >= 4 is 5.97 Å². The number of hydrogen-bond acceptors (Lipinski definition) is 4. The maximum absolute atomic E-state index is 12.7. The van der Waals surface area contributed by atoms with Gasteiger partial charge in [0.2, 0.25) is 0 Å². The van der Waals surface area contributed by atoms with Crippen LogP contribution in [0.5, 0.6) is 0 Å². The fraction of sp³-hybridized carbons (Fsp3) is 0.900. The smallest absolute Gasteiger partial charge is 0.0852 e. The number of rotatable bonds is 1. The molecule has 0 aromatic rings. The van der Waals surface area contributed by atoms with Crippen molar-refractivity contribution in [3.8, 4) is 0 Å². The van der Waals surface area contributed by atoms with E-state index in [9.17, 15) is 20.1 Å². The average Bonchev–Trinajstić information content (AvgIpc) is 2.72. The molecule has 0 aromatic heterocycles. The lowest BCUT2D eigenvalue weighted by Gasteiger charge is -2.71. The van der Waals surface area contributed by atoms with Gasteiger partial charge in [0, 0.05) is 11.4 Å². The van der Waals surface area contributed by atoms with Gasteiger partial charge in [0.1, 0.15) is 0 Å². The van der Waals surface area contributed by atoms with Crippen molar-refractivity contribution in [2.45, 2.75) is 118 Å². The molecular formula is C30H47O4-. The molecular weight excluding hydrogens is 424 g/mol. The fourth-order valence-corrected chi connectivity index (χ4v) is 10.7. The van der Waals surface area contributed by atoms with Gasteiger partial charge in [-0.15, -0.1) is 0 Å². The highest BCUT2D eigenvalue weighted by atomic mass is 16.4. The molecule has 0 aromatic carbocycles. The highest BCUT2D eigenvalue weighted by Crippen LogP contribution is 2.75. The first-order valence-electron chi connectivity index (χ1n) is 13.8. The maximum atomic E-state index is 12.7. The van der Waals surface area contributed by atoms with Crippen LogP contribution in [-0.4, -0.2) is 28.4 Å². The molecule has 4 saturated carbocycles. The van der Waals surface area contributed by atoms with E-state index in [0.29, 0.717) is 18.3 Å². The molecule has 0 radical (unpaired) electrons. The van der Waals surface area contributed by atoms with Crippen molar-refractivity contribution in [2.24, 2.45) is 50.2 Å². The van der Waals surface area contributed by atoms with Crippen LogP contribution in [-0.2, 0) is 4.79 Å². The van der Waals surface area contributed by atoms with E-state index in [1.165, 1.54) is 5.57 Å². The standard InChI is InChI=1S/C30H48O4/c1-25(2)12-14-30(24(33)34)15-13-28(6)18(19(30)16-25)8-9-22-27(5)17-20(31)23(32)26(3,4)21(27)10-11-29(22,28)7/h8,19-23,31-32H,9-17H2,1-7H3,(H,33,34)/p-1/t19-,20+,21-,22+,23-,27-,28+,29+,30-/m0/s1. The Kier molecular flexibility index (Phi) is 5.20. The zero-order chi connectivity index (χ0) is 25.1. The van der Waals surface area contributed by atoms with Gasteiger partial charge in [-0.05, 0) is 103 Å². The molecule has 0 amide bonds. The largest absolute Gasteiger partial charge is 0.550 e. The molecule has 192 valence electrons. The Balaban J connectivity index is 1.61. The lowest BCUT2D eigenvalue weighted by Crippen LogP contribution is -2.67. The van der Waals surface area contributed by atoms with Crippen molar-refractivity contribution < 1.29 is 20.1 Å². The summed E-state index contributed by atoms with van der Waals surface area (Å²) in [5, 5.41) is 34.5. The summed E-state index contributed by atoms with van der Waals surface area (Å²) in [6, 6.07) is 0. The highest BCUT2D eigenvalue weighted by Gasteiger charge is 2.69. The van der Waals surface area contributed by atoms with Gasteiger partial charge in [-0.1, -0.05) is 60.1 Å². The number of aliphatic carboxylic acids is 1. The predicted octanol–water partition coefficient (Wildman–Crippen LogP) is 4.87. The van der Waals surface area contributed by atoms with Crippen LogP contribution < -0.4 is 5.11 Å². The Morgan fingerprint density at radius 3 is 2.21 bits per heavy atom. The summed E-state index contributed by atoms with van der Waals surface area (Å²) >= 11 is 0. The van der Waals surface area contributed by atoms with E-state index >= 15 is 0 Å². The molecule has 0 spiro atoms. The van der Waals surface area contributed by atoms with E-state index in [2.05, 4.69) is 54.5 Å². The summed E-state index contributed by atoms with van der Waals surface area (Å²) in [6.07, 6.45) is 9.11. The molecule has 0 aliphatic heterocycles. The molecule has 4 nitrogen and oxygen atoms in total. The van der Waals surface area contributed by atoms with E-state index in [1.54, 1.807) is 0 Å². The third kappa shape index (κ3) is 2.88.